The summed E-state index contributed by atoms with van der Waals surface area (Å²) in [5, 5.41) is 0. The van der Waals surface area contributed by atoms with Crippen LogP contribution in [0.5, 0.6) is 5.75 Å². The number of ether oxygens (including phenoxy) is 2. The standard InChI is InChI=1S/C24H29N5O2/c1-17-27-15-19(16-28-17)12-18-2-4-21(5-3-18)31-23-14-20(29-8-10-30-11-9-29)13-22-24(23)26-7-6-25-22/h6-7,13-16,18,21H,2-5,8-12H2,1H3. The third-order valence-corrected chi connectivity index (χ3v) is 6.35. The molecule has 1 saturated carbocycles. The van der Waals surface area contributed by atoms with Crippen molar-refractivity contribution in [1.29, 1.82) is 0 Å². The first-order chi connectivity index (χ1) is 15.2. The third kappa shape index (κ3) is 4.77. The smallest absolute Gasteiger partial charge is 0.149 e. The first-order valence-corrected chi connectivity index (χ1v) is 11.3. The minimum absolute atomic E-state index is 0.218. The minimum atomic E-state index is 0.218. The largest absolute Gasteiger partial charge is 0.488 e. The minimum Gasteiger partial charge on any atom is -0.488 e. The predicted octanol–water partition coefficient (Wildman–Crippen LogP) is 3.75. The molecule has 2 fully saturated rings. The second kappa shape index (κ2) is 9.14. The van der Waals surface area contributed by atoms with E-state index in [9.17, 15) is 0 Å². The van der Waals surface area contributed by atoms with Gasteiger partial charge in [0, 0.05) is 49.6 Å². The molecule has 1 aromatic carbocycles. The van der Waals surface area contributed by atoms with E-state index in [0.29, 0.717) is 5.92 Å². The zero-order chi connectivity index (χ0) is 21.0. The van der Waals surface area contributed by atoms with E-state index < -0.39 is 0 Å². The van der Waals surface area contributed by atoms with Gasteiger partial charge >= 0.3 is 0 Å². The van der Waals surface area contributed by atoms with Gasteiger partial charge in [-0.1, -0.05) is 0 Å². The average molecular weight is 420 g/mol. The molecule has 0 atom stereocenters. The van der Waals surface area contributed by atoms with Crippen LogP contribution in [0.1, 0.15) is 37.1 Å². The number of benzene rings is 1. The molecular formula is C24H29N5O2. The number of nitrogens with zero attached hydrogens (tertiary/aromatic N) is 5. The Bertz CT molecular complexity index is 1010. The van der Waals surface area contributed by atoms with Crippen LogP contribution in [0.4, 0.5) is 5.69 Å². The number of aromatic nitrogens is 4. The summed E-state index contributed by atoms with van der Waals surface area (Å²) in [5.41, 5.74) is 4.10. The van der Waals surface area contributed by atoms with Crippen LogP contribution in [-0.4, -0.2) is 52.3 Å². The van der Waals surface area contributed by atoms with Crippen molar-refractivity contribution in [2.45, 2.75) is 45.1 Å². The average Bonchev–Trinajstić information content (AvgIpc) is 2.82. The summed E-state index contributed by atoms with van der Waals surface area (Å²) < 4.78 is 12.0. The van der Waals surface area contributed by atoms with Crippen LogP contribution >= 0.6 is 0 Å². The third-order valence-electron chi connectivity index (χ3n) is 6.35. The second-order valence-corrected chi connectivity index (χ2v) is 8.57. The molecule has 31 heavy (non-hydrogen) atoms. The van der Waals surface area contributed by atoms with Crippen LogP contribution in [0.25, 0.3) is 11.0 Å². The van der Waals surface area contributed by atoms with Gasteiger partial charge in [0.2, 0.25) is 0 Å². The van der Waals surface area contributed by atoms with Gasteiger partial charge in [0.05, 0.1) is 24.8 Å². The van der Waals surface area contributed by atoms with Gasteiger partial charge in [-0.3, -0.25) is 4.98 Å². The van der Waals surface area contributed by atoms with Crippen LogP contribution in [-0.2, 0) is 11.2 Å². The molecule has 2 aromatic heterocycles. The maximum Gasteiger partial charge on any atom is 0.149 e. The highest BCUT2D eigenvalue weighted by Gasteiger charge is 2.24. The molecule has 0 radical (unpaired) electrons. The number of morpholine rings is 1. The molecule has 3 heterocycles. The van der Waals surface area contributed by atoms with Gasteiger partial charge in [-0.05, 0) is 56.6 Å². The Kier molecular flexibility index (Phi) is 5.93. The molecule has 2 aliphatic rings. The summed E-state index contributed by atoms with van der Waals surface area (Å²) in [6.07, 6.45) is 13.1. The normalized spacial score (nSPS) is 21.9. The van der Waals surface area contributed by atoms with E-state index in [-0.39, 0.29) is 6.10 Å². The Morgan fingerprint density at radius 1 is 0.968 bits per heavy atom. The highest BCUT2D eigenvalue weighted by molar-refractivity contribution is 5.85. The topological polar surface area (TPSA) is 73.3 Å². The number of rotatable bonds is 5. The highest BCUT2D eigenvalue weighted by Crippen LogP contribution is 2.34. The van der Waals surface area contributed by atoms with Crippen molar-refractivity contribution >= 4 is 16.7 Å². The quantitative estimate of drug-likeness (QED) is 0.624. The first kappa shape index (κ1) is 20.1. The molecule has 7 heteroatoms. The van der Waals surface area contributed by atoms with Crippen molar-refractivity contribution in [3.8, 4) is 5.75 Å². The fourth-order valence-electron chi connectivity index (χ4n) is 4.61. The second-order valence-electron chi connectivity index (χ2n) is 8.57. The molecule has 1 aliphatic heterocycles. The van der Waals surface area contributed by atoms with Crippen LogP contribution in [0.2, 0.25) is 0 Å². The van der Waals surface area contributed by atoms with E-state index in [1.807, 2.05) is 19.3 Å². The molecule has 7 nitrogen and oxygen atoms in total. The van der Waals surface area contributed by atoms with E-state index in [1.165, 1.54) is 5.56 Å². The van der Waals surface area contributed by atoms with Gasteiger partial charge in [0.25, 0.3) is 0 Å². The lowest BCUT2D eigenvalue weighted by Crippen LogP contribution is -2.36. The zero-order valence-electron chi connectivity index (χ0n) is 18.0. The van der Waals surface area contributed by atoms with Gasteiger partial charge < -0.3 is 14.4 Å². The molecule has 0 bridgehead atoms. The van der Waals surface area contributed by atoms with Crippen molar-refractivity contribution < 1.29 is 9.47 Å². The number of aryl methyl sites for hydroxylation is 1. The zero-order valence-corrected chi connectivity index (χ0v) is 18.0. The fourth-order valence-corrected chi connectivity index (χ4v) is 4.61. The van der Waals surface area contributed by atoms with Crippen LogP contribution in [0.15, 0.2) is 36.9 Å². The predicted molar refractivity (Wildman–Crippen MR) is 119 cm³/mol. The Morgan fingerprint density at radius 2 is 1.71 bits per heavy atom. The molecule has 5 rings (SSSR count). The van der Waals surface area contributed by atoms with Crippen molar-refractivity contribution in [1.82, 2.24) is 19.9 Å². The fraction of sp³-hybridized carbons (Fsp3) is 0.500. The summed E-state index contributed by atoms with van der Waals surface area (Å²) in [7, 11) is 0. The van der Waals surface area contributed by atoms with E-state index in [0.717, 1.165) is 86.7 Å². The van der Waals surface area contributed by atoms with Crippen molar-refractivity contribution in [2.24, 2.45) is 5.92 Å². The number of hydrogen-bond acceptors (Lipinski definition) is 7. The molecule has 0 N–H and O–H groups in total. The molecule has 1 saturated heterocycles. The molecule has 1 aliphatic carbocycles. The van der Waals surface area contributed by atoms with E-state index in [4.69, 9.17) is 9.47 Å². The van der Waals surface area contributed by atoms with Gasteiger partial charge in [-0.2, -0.15) is 0 Å². The Labute approximate surface area is 182 Å². The lowest BCUT2D eigenvalue weighted by molar-refractivity contribution is 0.122. The van der Waals surface area contributed by atoms with Gasteiger partial charge in [-0.25, -0.2) is 15.0 Å². The van der Waals surface area contributed by atoms with E-state index >= 15 is 0 Å². The monoisotopic (exact) mass is 419 g/mol. The summed E-state index contributed by atoms with van der Waals surface area (Å²) in [5.74, 6) is 2.35. The molecule has 0 unspecified atom stereocenters. The van der Waals surface area contributed by atoms with Crippen molar-refractivity contribution in [2.75, 3.05) is 31.2 Å². The summed E-state index contributed by atoms with van der Waals surface area (Å²) in [6, 6.07) is 4.25. The van der Waals surface area contributed by atoms with E-state index in [2.05, 4.69) is 37.0 Å². The Morgan fingerprint density at radius 3 is 2.48 bits per heavy atom. The van der Waals surface area contributed by atoms with Crippen molar-refractivity contribution in [3.05, 3.63) is 48.3 Å². The number of anilines is 1. The number of hydrogen-bond donors (Lipinski definition) is 0. The van der Waals surface area contributed by atoms with Crippen LogP contribution < -0.4 is 9.64 Å². The number of fused-ring (bicyclic) bond motifs is 1. The molecule has 0 spiro atoms. The molecule has 3 aromatic rings. The summed E-state index contributed by atoms with van der Waals surface area (Å²) >= 11 is 0. The maximum atomic E-state index is 6.53. The lowest BCUT2D eigenvalue weighted by Gasteiger charge is -2.31. The summed E-state index contributed by atoms with van der Waals surface area (Å²) in [6.45, 7) is 5.21. The summed E-state index contributed by atoms with van der Waals surface area (Å²) in [4.78, 5) is 20.1. The SMILES string of the molecule is Cc1ncc(CC2CCC(Oc3cc(N4CCOCC4)cc4nccnc34)CC2)cn1. The lowest BCUT2D eigenvalue weighted by atomic mass is 9.84. The molecule has 162 valence electrons. The van der Waals surface area contributed by atoms with Gasteiger partial charge in [0.1, 0.15) is 17.1 Å². The van der Waals surface area contributed by atoms with Crippen LogP contribution in [0.3, 0.4) is 0 Å². The maximum absolute atomic E-state index is 6.53. The highest BCUT2D eigenvalue weighted by atomic mass is 16.5. The Balaban J connectivity index is 1.27. The van der Waals surface area contributed by atoms with Gasteiger partial charge in [0.15, 0.2) is 0 Å². The first-order valence-electron chi connectivity index (χ1n) is 11.3. The molecule has 0 amide bonds. The van der Waals surface area contributed by atoms with Crippen LogP contribution in [0, 0.1) is 12.8 Å². The van der Waals surface area contributed by atoms with Gasteiger partial charge in [-0.15, -0.1) is 0 Å². The Hall–Kier alpha value is -2.80. The van der Waals surface area contributed by atoms with Crippen molar-refractivity contribution in [3.63, 3.8) is 0 Å². The molecular weight excluding hydrogens is 390 g/mol. The van der Waals surface area contributed by atoms with E-state index in [1.54, 1.807) is 12.4 Å².